The van der Waals surface area contributed by atoms with E-state index in [9.17, 15) is 0 Å². The van der Waals surface area contributed by atoms with Crippen LogP contribution in [0.1, 0.15) is 52.4 Å². The Morgan fingerprint density at radius 1 is 1.20 bits per heavy atom. The topological polar surface area (TPSA) is 35.8 Å². The first-order valence-corrected chi connectivity index (χ1v) is 6.09. The third-order valence-corrected chi connectivity index (χ3v) is 2.38. The normalized spacial score (nSPS) is 12.9. The summed E-state index contributed by atoms with van der Waals surface area (Å²) in [6.07, 6.45) is 12.2. The van der Waals surface area contributed by atoms with Crippen molar-refractivity contribution in [2.75, 3.05) is 6.54 Å². The number of hydrogen-bond donors (Lipinski definition) is 1. The molecule has 0 rings (SSSR count). The lowest BCUT2D eigenvalue weighted by Gasteiger charge is -2.00. The van der Waals surface area contributed by atoms with Crippen LogP contribution in [0.2, 0.25) is 0 Å². The summed E-state index contributed by atoms with van der Waals surface area (Å²) in [5.41, 5.74) is 0. The summed E-state index contributed by atoms with van der Waals surface area (Å²) >= 11 is 0. The van der Waals surface area contributed by atoms with Gasteiger partial charge in [0.15, 0.2) is 0 Å². The van der Waals surface area contributed by atoms with Gasteiger partial charge in [-0.2, -0.15) is 5.26 Å². The van der Waals surface area contributed by atoms with Gasteiger partial charge in [0.25, 0.3) is 0 Å². The van der Waals surface area contributed by atoms with Crippen molar-refractivity contribution in [3.8, 4) is 6.07 Å². The van der Waals surface area contributed by atoms with E-state index in [1.165, 1.54) is 38.5 Å². The van der Waals surface area contributed by atoms with E-state index in [1.807, 2.05) is 6.92 Å². The summed E-state index contributed by atoms with van der Waals surface area (Å²) in [5, 5.41) is 11.6. The van der Waals surface area contributed by atoms with Gasteiger partial charge < -0.3 is 0 Å². The van der Waals surface area contributed by atoms with Crippen LogP contribution in [0.25, 0.3) is 0 Å². The van der Waals surface area contributed by atoms with E-state index in [0.717, 1.165) is 6.54 Å². The molecule has 0 spiro atoms. The third-order valence-electron chi connectivity index (χ3n) is 2.38. The van der Waals surface area contributed by atoms with Gasteiger partial charge in [-0.05, 0) is 19.8 Å². The number of allylic oxidation sites excluding steroid dienone is 1. The fraction of sp³-hybridized carbons (Fsp3) is 0.769. The second kappa shape index (κ2) is 11.3. The summed E-state index contributed by atoms with van der Waals surface area (Å²) in [6.45, 7) is 4.92. The van der Waals surface area contributed by atoms with Crippen molar-refractivity contribution in [1.82, 2.24) is 5.32 Å². The lowest BCUT2D eigenvalue weighted by molar-refractivity contribution is 0.636. The Bertz CT molecular complexity index is 191. The summed E-state index contributed by atoms with van der Waals surface area (Å²) in [7, 11) is 0. The maximum atomic E-state index is 8.52. The largest absolute Gasteiger partial charge is 0.299 e. The Morgan fingerprint density at radius 2 is 1.93 bits per heavy atom. The molecule has 86 valence electrons. The molecule has 0 aliphatic rings. The molecular weight excluding hydrogens is 184 g/mol. The number of hydrogen-bond acceptors (Lipinski definition) is 2. The van der Waals surface area contributed by atoms with Crippen molar-refractivity contribution in [3.05, 3.63) is 12.2 Å². The van der Waals surface area contributed by atoms with E-state index in [4.69, 9.17) is 5.26 Å². The Morgan fingerprint density at radius 3 is 2.60 bits per heavy atom. The molecule has 2 heteroatoms. The standard InChI is InChI=1S/C13H24N2/c1-3-4-5-6-7-8-9-10-11-15-13(2)12-14/h9-10,13,15H,3-8,11H2,1-2H3/b10-9+. The minimum absolute atomic E-state index is 0.0424. The maximum absolute atomic E-state index is 8.52. The van der Waals surface area contributed by atoms with Gasteiger partial charge >= 0.3 is 0 Å². The monoisotopic (exact) mass is 208 g/mol. The molecule has 1 N–H and O–H groups in total. The SMILES string of the molecule is CCCCCCC/C=C/CNC(C)C#N. The average Bonchev–Trinajstić information content (AvgIpc) is 2.26. The summed E-state index contributed by atoms with van der Waals surface area (Å²) in [5.74, 6) is 0. The molecule has 0 heterocycles. The van der Waals surface area contributed by atoms with Crippen molar-refractivity contribution in [2.45, 2.75) is 58.4 Å². The fourth-order valence-corrected chi connectivity index (χ4v) is 1.36. The van der Waals surface area contributed by atoms with Gasteiger partial charge in [0, 0.05) is 6.54 Å². The van der Waals surface area contributed by atoms with Crippen LogP contribution in [0, 0.1) is 11.3 Å². The van der Waals surface area contributed by atoms with Gasteiger partial charge in [0.2, 0.25) is 0 Å². The van der Waals surface area contributed by atoms with Crippen molar-refractivity contribution in [3.63, 3.8) is 0 Å². The van der Waals surface area contributed by atoms with Gasteiger partial charge in [-0.1, -0.05) is 44.8 Å². The number of rotatable bonds is 9. The Balaban J connectivity index is 3.15. The van der Waals surface area contributed by atoms with Gasteiger partial charge in [-0.3, -0.25) is 5.32 Å². The number of nitrogens with one attached hydrogen (secondary N) is 1. The molecule has 2 nitrogen and oxygen atoms in total. The molecule has 0 aromatic heterocycles. The smallest absolute Gasteiger partial charge is 0.0926 e. The maximum Gasteiger partial charge on any atom is 0.0926 e. The Labute approximate surface area is 94.4 Å². The summed E-state index contributed by atoms with van der Waals surface area (Å²) in [4.78, 5) is 0. The minimum atomic E-state index is -0.0424. The molecule has 0 aromatic rings. The zero-order chi connectivity index (χ0) is 11.4. The number of nitriles is 1. The first-order chi connectivity index (χ1) is 7.31. The van der Waals surface area contributed by atoms with Gasteiger partial charge in [0.05, 0.1) is 12.1 Å². The molecule has 0 bridgehead atoms. The zero-order valence-corrected chi connectivity index (χ0v) is 10.1. The lowest BCUT2D eigenvalue weighted by Crippen LogP contribution is -2.23. The van der Waals surface area contributed by atoms with Crippen LogP contribution in [0.15, 0.2) is 12.2 Å². The molecule has 1 unspecified atom stereocenters. The average molecular weight is 208 g/mol. The van der Waals surface area contributed by atoms with E-state index in [0.29, 0.717) is 0 Å². The van der Waals surface area contributed by atoms with E-state index in [1.54, 1.807) is 0 Å². The first kappa shape index (κ1) is 14.2. The molecule has 0 saturated heterocycles. The quantitative estimate of drug-likeness (QED) is 0.465. The molecule has 0 amide bonds. The highest BCUT2D eigenvalue weighted by atomic mass is 14.9. The predicted molar refractivity (Wildman–Crippen MR) is 65.6 cm³/mol. The van der Waals surface area contributed by atoms with E-state index in [2.05, 4.69) is 30.5 Å². The molecular formula is C13H24N2. The number of nitrogens with zero attached hydrogens (tertiary/aromatic N) is 1. The molecule has 0 aromatic carbocycles. The van der Waals surface area contributed by atoms with Crippen LogP contribution < -0.4 is 5.32 Å². The van der Waals surface area contributed by atoms with Crippen LogP contribution in [0.5, 0.6) is 0 Å². The van der Waals surface area contributed by atoms with Gasteiger partial charge in [-0.15, -0.1) is 0 Å². The Kier molecular flexibility index (Phi) is 10.7. The predicted octanol–water partition coefficient (Wildman–Crippen LogP) is 3.40. The van der Waals surface area contributed by atoms with Gasteiger partial charge in [0.1, 0.15) is 0 Å². The highest BCUT2D eigenvalue weighted by Crippen LogP contribution is 2.04. The fourth-order valence-electron chi connectivity index (χ4n) is 1.36. The van der Waals surface area contributed by atoms with Crippen LogP contribution in [-0.2, 0) is 0 Å². The second-order valence-electron chi connectivity index (χ2n) is 3.93. The second-order valence-corrected chi connectivity index (χ2v) is 3.93. The van der Waals surface area contributed by atoms with Crippen LogP contribution >= 0.6 is 0 Å². The molecule has 1 atom stereocenters. The summed E-state index contributed by atoms with van der Waals surface area (Å²) in [6, 6.07) is 2.10. The zero-order valence-electron chi connectivity index (χ0n) is 10.1. The van der Waals surface area contributed by atoms with Crippen molar-refractivity contribution in [2.24, 2.45) is 0 Å². The molecule has 15 heavy (non-hydrogen) atoms. The van der Waals surface area contributed by atoms with Gasteiger partial charge in [-0.25, -0.2) is 0 Å². The molecule has 0 aliphatic carbocycles. The van der Waals surface area contributed by atoms with Crippen molar-refractivity contribution in [1.29, 1.82) is 5.26 Å². The van der Waals surface area contributed by atoms with Crippen molar-refractivity contribution >= 4 is 0 Å². The van der Waals surface area contributed by atoms with Crippen molar-refractivity contribution < 1.29 is 0 Å². The highest BCUT2D eigenvalue weighted by molar-refractivity contribution is 4.90. The van der Waals surface area contributed by atoms with E-state index >= 15 is 0 Å². The van der Waals surface area contributed by atoms with Crippen LogP contribution in [0.3, 0.4) is 0 Å². The first-order valence-electron chi connectivity index (χ1n) is 6.09. The Hall–Kier alpha value is -0.810. The lowest BCUT2D eigenvalue weighted by atomic mass is 10.1. The molecule has 0 fully saturated rings. The van der Waals surface area contributed by atoms with E-state index in [-0.39, 0.29) is 6.04 Å². The molecule has 0 saturated carbocycles. The van der Waals surface area contributed by atoms with E-state index < -0.39 is 0 Å². The molecule has 0 aliphatic heterocycles. The molecule has 0 radical (unpaired) electrons. The third kappa shape index (κ3) is 11.1. The van der Waals surface area contributed by atoms with Crippen LogP contribution in [0.4, 0.5) is 0 Å². The summed E-state index contributed by atoms with van der Waals surface area (Å²) < 4.78 is 0. The number of unbranched alkanes of at least 4 members (excludes halogenated alkanes) is 5. The van der Waals surface area contributed by atoms with Crippen LogP contribution in [-0.4, -0.2) is 12.6 Å². The minimum Gasteiger partial charge on any atom is -0.299 e. The highest BCUT2D eigenvalue weighted by Gasteiger charge is 1.92.